The number of nitrogens with one attached hydrogen (secondary N) is 1. The molecule has 0 atom stereocenters. The van der Waals surface area contributed by atoms with Crippen LogP contribution in [0, 0.1) is 68.4 Å². The molecular formula is C33H32FeNOP+2. The van der Waals surface area contributed by atoms with Crippen molar-refractivity contribution in [1.29, 1.82) is 0 Å². The Labute approximate surface area is 236 Å². The molecule has 2 saturated carbocycles. The maximum Gasteiger partial charge on any atom is 2.00 e. The molecule has 37 heavy (non-hydrogen) atoms. The third kappa shape index (κ3) is 8.03. The summed E-state index contributed by atoms with van der Waals surface area (Å²) in [6, 6.07) is 29.5. The number of carbonyl (C=O) groups is 1. The molecular weight excluding hydrogens is 513 g/mol. The first-order valence-electron chi connectivity index (χ1n) is 12.2. The molecule has 0 bridgehead atoms. The van der Waals surface area contributed by atoms with Crippen LogP contribution in [0.25, 0.3) is 0 Å². The van der Waals surface area contributed by atoms with Gasteiger partial charge in [0.2, 0.25) is 5.91 Å². The molecule has 4 heteroatoms. The van der Waals surface area contributed by atoms with Crippen LogP contribution in [-0.4, -0.2) is 5.91 Å². The summed E-state index contributed by atoms with van der Waals surface area (Å²) in [6.07, 6.45) is 16.5. The summed E-state index contributed by atoms with van der Waals surface area (Å²) in [5, 5.41) is 5.78. The van der Waals surface area contributed by atoms with Gasteiger partial charge in [-0.1, -0.05) is 99.6 Å². The standard InChI is InChI=1S/C28H27NOP.C5H5.Fe/c1-28(2,3)27(30)29-25-19-11-10-17-23(25)24-18-12-20-26(24)31(21-13-6-4-7-14-21)22-15-8-5-9-16-22;1-2-4-5-3-1;/h4-20H,1-3H3,(H,29,30);1-5H;/q;;+2. The Morgan fingerprint density at radius 2 is 1.14 bits per heavy atom. The van der Waals surface area contributed by atoms with Crippen LogP contribution in [0.15, 0.2) is 84.9 Å². The quantitative estimate of drug-likeness (QED) is 0.274. The predicted octanol–water partition coefficient (Wildman–Crippen LogP) is 6.90. The monoisotopic (exact) mass is 545 g/mol. The molecule has 0 spiro atoms. The molecule has 5 rings (SSSR count). The van der Waals surface area contributed by atoms with E-state index in [1.807, 2.05) is 71.1 Å². The molecule has 186 valence electrons. The Bertz CT molecular complexity index is 1040. The van der Waals surface area contributed by atoms with E-state index >= 15 is 0 Å². The topological polar surface area (TPSA) is 29.1 Å². The van der Waals surface area contributed by atoms with Crippen LogP contribution in [0.5, 0.6) is 0 Å². The molecule has 0 saturated heterocycles. The number of rotatable bonds is 5. The molecule has 1 amide bonds. The van der Waals surface area contributed by atoms with Crippen LogP contribution in [0.3, 0.4) is 0 Å². The van der Waals surface area contributed by atoms with Gasteiger partial charge >= 0.3 is 17.1 Å². The van der Waals surface area contributed by atoms with Crippen molar-refractivity contribution in [2.24, 2.45) is 5.41 Å². The first-order chi connectivity index (χ1) is 17.4. The maximum atomic E-state index is 12.7. The van der Waals surface area contributed by atoms with Crippen molar-refractivity contribution < 1.29 is 21.9 Å². The normalized spacial score (nSPS) is 16.1. The second-order valence-electron chi connectivity index (χ2n) is 9.54. The van der Waals surface area contributed by atoms with Gasteiger partial charge in [0, 0.05) is 22.7 Å². The van der Waals surface area contributed by atoms with Crippen molar-refractivity contribution in [3.63, 3.8) is 0 Å². The van der Waals surface area contributed by atoms with Gasteiger partial charge in [0.15, 0.2) is 0 Å². The Balaban J connectivity index is 0.000000568. The SMILES string of the molecule is CC(C)(C)C(=O)Nc1ccccc1[C]1[CH][CH][CH][C]1P(c1ccccc1)c1ccccc1.[CH]1[CH][CH][CH][CH]1.[Fe+2]. The number of para-hydroxylation sites is 1. The van der Waals surface area contributed by atoms with Gasteiger partial charge in [-0.3, -0.25) is 4.79 Å². The molecule has 2 fully saturated rings. The summed E-state index contributed by atoms with van der Waals surface area (Å²) in [5.74, 6) is 1.19. The summed E-state index contributed by atoms with van der Waals surface area (Å²) in [6.45, 7) is 5.80. The van der Waals surface area contributed by atoms with E-state index in [1.165, 1.54) is 22.2 Å². The zero-order valence-electron chi connectivity index (χ0n) is 21.4. The fourth-order valence-corrected chi connectivity index (χ4v) is 6.34. The fourth-order valence-electron chi connectivity index (χ4n) is 3.87. The van der Waals surface area contributed by atoms with Crippen molar-refractivity contribution in [3.05, 3.63) is 153 Å². The molecule has 2 nitrogen and oxygen atoms in total. The van der Waals surface area contributed by atoms with Crippen molar-refractivity contribution in [3.8, 4) is 0 Å². The number of hydrogen-bond acceptors (Lipinski definition) is 1. The van der Waals surface area contributed by atoms with Gasteiger partial charge in [-0.05, 0) is 81.5 Å². The van der Waals surface area contributed by atoms with E-state index in [0.717, 1.165) is 11.3 Å². The Hall–Kier alpha value is -1.92. The second kappa shape index (κ2) is 14.3. The minimum atomic E-state index is -0.721. The average molecular weight is 545 g/mol. The summed E-state index contributed by atoms with van der Waals surface area (Å²) in [5.41, 5.74) is 2.75. The van der Waals surface area contributed by atoms with E-state index in [0.29, 0.717) is 0 Å². The Morgan fingerprint density at radius 1 is 0.649 bits per heavy atom. The molecule has 1 N–H and O–H groups in total. The third-order valence-electron chi connectivity index (χ3n) is 5.76. The van der Waals surface area contributed by atoms with Gasteiger partial charge in [0.25, 0.3) is 0 Å². The van der Waals surface area contributed by atoms with Crippen LogP contribution in [0.1, 0.15) is 26.3 Å². The first kappa shape index (κ1) is 29.6. The predicted molar refractivity (Wildman–Crippen MR) is 154 cm³/mol. The van der Waals surface area contributed by atoms with E-state index in [1.54, 1.807) is 0 Å². The molecule has 0 unspecified atom stereocenters. The molecule has 10 radical (unpaired) electrons. The van der Waals surface area contributed by atoms with Crippen LogP contribution >= 0.6 is 7.92 Å². The number of benzene rings is 3. The van der Waals surface area contributed by atoms with Crippen LogP contribution in [0.4, 0.5) is 5.69 Å². The van der Waals surface area contributed by atoms with Gasteiger partial charge < -0.3 is 5.32 Å². The fraction of sp³-hybridized carbons (Fsp3) is 0.121. The van der Waals surface area contributed by atoms with Gasteiger partial charge in [-0.15, -0.1) is 0 Å². The summed E-state index contributed by atoms with van der Waals surface area (Å²) >= 11 is 0. The van der Waals surface area contributed by atoms with E-state index < -0.39 is 13.3 Å². The molecule has 0 heterocycles. The van der Waals surface area contributed by atoms with Crippen molar-refractivity contribution >= 4 is 30.1 Å². The molecule has 2 aliphatic carbocycles. The minimum absolute atomic E-state index is 0. The second-order valence-corrected chi connectivity index (χ2v) is 11.7. The van der Waals surface area contributed by atoms with E-state index in [4.69, 9.17) is 0 Å². The van der Waals surface area contributed by atoms with Crippen LogP contribution in [-0.2, 0) is 21.9 Å². The summed E-state index contributed by atoms with van der Waals surface area (Å²) in [7, 11) is -0.721. The van der Waals surface area contributed by atoms with Crippen LogP contribution in [0.2, 0.25) is 0 Å². The number of amides is 1. The van der Waals surface area contributed by atoms with Crippen molar-refractivity contribution in [2.45, 2.75) is 20.8 Å². The van der Waals surface area contributed by atoms with Crippen molar-refractivity contribution in [1.82, 2.24) is 0 Å². The number of hydrogen-bond donors (Lipinski definition) is 1. The molecule has 0 aromatic heterocycles. The summed E-state index contributed by atoms with van der Waals surface area (Å²) in [4.78, 5) is 12.7. The first-order valence-corrected chi connectivity index (χ1v) is 13.5. The zero-order chi connectivity index (χ0) is 25.4. The molecule has 3 aromatic rings. The van der Waals surface area contributed by atoms with Crippen molar-refractivity contribution in [2.75, 3.05) is 5.32 Å². The van der Waals surface area contributed by atoms with Gasteiger partial charge in [-0.2, -0.15) is 0 Å². The Morgan fingerprint density at radius 3 is 1.65 bits per heavy atom. The van der Waals surface area contributed by atoms with Gasteiger partial charge in [-0.25, -0.2) is 0 Å². The minimum Gasteiger partial charge on any atom is -0.325 e. The van der Waals surface area contributed by atoms with E-state index in [2.05, 4.69) is 91.3 Å². The zero-order valence-corrected chi connectivity index (χ0v) is 23.4. The van der Waals surface area contributed by atoms with Crippen LogP contribution < -0.4 is 15.9 Å². The number of anilines is 1. The Kier molecular flexibility index (Phi) is 11.4. The maximum absolute atomic E-state index is 12.7. The average Bonchev–Trinajstić information content (AvgIpc) is 3.61. The summed E-state index contributed by atoms with van der Waals surface area (Å²) < 4.78 is 0. The molecule has 2 aliphatic rings. The van der Waals surface area contributed by atoms with E-state index in [-0.39, 0.29) is 23.0 Å². The third-order valence-corrected chi connectivity index (χ3v) is 8.27. The molecule has 0 aliphatic heterocycles. The van der Waals surface area contributed by atoms with E-state index in [9.17, 15) is 4.79 Å². The smallest absolute Gasteiger partial charge is 0.325 e. The number of carbonyl (C=O) groups excluding carboxylic acids is 1. The largest absolute Gasteiger partial charge is 2.00 e. The van der Waals surface area contributed by atoms with Gasteiger partial charge in [0.1, 0.15) is 0 Å². The van der Waals surface area contributed by atoms with Gasteiger partial charge in [0.05, 0.1) is 0 Å². The molecule has 3 aromatic carbocycles.